The summed E-state index contributed by atoms with van der Waals surface area (Å²) in [6.07, 6.45) is 6.22. The highest BCUT2D eigenvalue weighted by Crippen LogP contribution is 2.37. The highest BCUT2D eigenvalue weighted by molar-refractivity contribution is 5.90. The minimum atomic E-state index is -0.00669. The van der Waals surface area contributed by atoms with Gasteiger partial charge in [-0.2, -0.15) is 0 Å². The van der Waals surface area contributed by atoms with E-state index in [-0.39, 0.29) is 5.91 Å². The van der Waals surface area contributed by atoms with E-state index >= 15 is 0 Å². The molecule has 1 N–H and O–H groups in total. The number of amides is 1. The number of hydrogen-bond donors (Lipinski definition) is 1. The van der Waals surface area contributed by atoms with Gasteiger partial charge in [0.05, 0.1) is 18.1 Å². The molecule has 1 aliphatic carbocycles. The van der Waals surface area contributed by atoms with Crippen molar-refractivity contribution in [2.45, 2.75) is 32.1 Å². The Morgan fingerprint density at radius 2 is 2.14 bits per heavy atom. The van der Waals surface area contributed by atoms with E-state index in [2.05, 4.69) is 15.3 Å². The van der Waals surface area contributed by atoms with E-state index in [0.717, 1.165) is 5.82 Å². The summed E-state index contributed by atoms with van der Waals surface area (Å²) in [6.45, 7) is 1.81. The predicted molar refractivity (Wildman–Crippen MR) is 52.9 cm³/mol. The lowest BCUT2D eigenvalue weighted by molar-refractivity contribution is -0.115. The van der Waals surface area contributed by atoms with Crippen LogP contribution in [0.15, 0.2) is 12.4 Å². The largest absolute Gasteiger partial charge is 0.323 e. The number of aromatic nitrogens is 2. The first-order valence-corrected chi connectivity index (χ1v) is 4.91. The normalized spacial score (nSPS) is 15.2. The summed E-state index contributed by atoms with van der Waals surface area (Å²) in [5.74, 6) is 1.46. The van der Waals surface area contributed by atoms with Crippen molar-refractivity contribution < 1.29 is 4.79 Å². The smallest absolute Gasteiger partial charge is 0.224 e. The van der Waals surface area contributed by atoms with Crippen LogP contribution in [0.1, 0.15) is 37.9 Å². The SMILES string of the molecule is CCC(=O)Nc1cnc(C2CC2)nc1. The molecule has 1 fully saturated rings. The van der Waals surface area contributed by atoms with Crippen molar-refractivity contribution in [3.05, 3.63) is 18.2 Å². The summed E-state index contributed by atoms with van der Waals surface area (Å²) in [5, 5.41) is 2.71. The fourth-order valence-electron chi connectivity index (χ4n) is 1.20. The molecule has 1 saturated carbocycles. The molecule has 1 aromatic heterocycles. The zero-order valence-corrected chi connectivity index (χ0v) is 8.16. The molecule has 4 heteroatoms. The summed E-state index contributed by atoms with van der Waals surface area (Å²) < 4.78 is 0. The van der Waals surface area contributed by atoms with E-state index < -0.39 is 0 Å². The Morgan fingerprint density at radius 1 is 1.50 bits per heavy atom. The number of hydrogen-bond acceptors (Lipinski definition) is 3. The summed E-state index contributed by atoms with van der Waals surface area (Å²) in [6, 6.07) is 0. The second kappa shape index (κ2) is 3.74. The van der Waals surface area contributed by atoms with Crippen LogP contribution < -0.4 is 5.32 Å². The number of carbonyl (C=O) groups is 1. The van der Waals surface area contributed by atoms with E-state index in [9.17, 15) is 4.79 Å². The van der Waals surface area contributed by atoms with Crippen LogP contribution >= 0.6 is 0 Å². The maximum atomic E-state index is 11.0. The molecular weight excluding hydrogens is 178 g/mol. The van der Waals surface area contributed by atoms with Crippen molar-refractivity contribution in [3.63, 3.8) is 0 Å². The quantitative estimate of drug-likeness (QED) is 0.791. The van der Waals surface area contributed by atoms with Crippen molar-refractivity contribution in [2.75, 3.05) is 5.32 Å². The van der Waals surface area contributed by atoms with Crippen molar-refractivity contribution in [1.29, 1.82) is 0 Å². The maximum Gasteiger partial charge on any atom is 0.224 e. The van der Waals surface area contributed by atoms with Gasteiger partial charge >= 0.3 is 0 Å². The molecule has 0 bridgehead atoms. The van der Waals surface area contributed by atoms with Crippen LogP contribution in [0.3, 0.4) is 0 Å². The Balaban J connectivity index is 2.02. The number of nitrogens with zero attached hydrogens (tertiary/aromatic N) is 2. The standard InChI is InChI=1S/C10H13N3O/c1-2-9(14)13-8-5-11-10(12-6-8)7-3-4-7/h5-7H,2-4H2,1H3,(H,13,14). The second-order valence-electron chi connectivity index (χ2n) is 3.51. The lowest BCUT2D eigenvalue weighted by atomic mass is 10.4. The highest BCUT2D eigenvalue weighted by Gasteiger charge is 2.26. The van der Waals surface area contributed by atoms with E-state index in [4.69, 9.17) is 0 Å². The predicted octanol–water partition coefficient (Wildman–Crippen LogP) is 1.70. The fourth-order valence-corrected chi connectivity index (χ4v) is 1.20. The third-order valence-corrected chi connectivity index (χ3v) is 2.22. The van der Waals surface area contributed by atoms with Crippen LogP contribution in [-0.2, 0) is 4.79 Å². The molecule has 0 spiro atoms. The Hall–Kier alpha value is -1.45. The Kier molecular flexibility index (Phi) is 2.43. The third-order valence-electron chi connectivity index (χ3n) is 2.22. The van der Waals surface area contributed by atoms with E-state index in [1.165, 1.54) is 12.8 Å². The molecule has 0 radical (unpaired) electrons. The van der Waals surface area contributed by atoms with Crippen LogP contribution in [0.5, 0.6) is 0 Å². The van der Waals surface area contributed by atoms with Gasteiger partial charge in [0.25, 0.3) is 0 Å². The zero-order chi connectivity index (χ0) is 9.97. The Labute approximate surface area is 82.8 Å². The molecule has 0 aliphatic heterocycles. The van der Waals surface area contributed by atoms with Crippen LogP contribution in [0.2, 0.25) is 0 Å². The van der Waals surface area contributed by atoms with E-state index in [0.29, 0.717) is 18.0 Å². The third kappa shape index (κ3) is 2.07. The van der Waals surface area contributed by atoms with Crippen molar-refractivity contribution in [2.24, 2.45) is 0 Å². The maximum absolute atomic E-state index is 11.0. The second-order valence-corrected chi connectivity index (χ2v) is 3.51. The molecule has 1 aromatic rings. The van der Waals surface area contributed by atoms with Gasteiger partial charge in [-0.15, -0.1) is 0 Å². The van der Waals surface area contributed by atoms with Crippen molar-refractivity contribution in [1.82, 2.24) is 9.97 Å². The Bertz CT molecular complexity index is 330. The molecule has 1 aliphatic rings. The van der Waals surface area contributed by atoms with Crippen LogP contribution in [0.25, 0.3) is 0 Å². The van der Waals surface area contributed by atoms with E-state index in [1.54, 1.807) is 12.4 Å². The van der Waals surface area contributed by atoms with Crippen LogP contribution in [-0.4, -0.2) is 15.9 Å². The first kappa shape index (κ1) is 9.12. The number of nitrogens with one attached hydrogen (secondary N) is 1. The van der Waals surface area contributed by atoms with Crippen molar-refractivity contribution in [3.8, 4) is 0 Å². The monoisotopic (exact) mass is 191 g/mol. The van der Waals surface area contributed by atoms with Crippen LogP contribution in [0.4, 0.5) is 5.69 Å². The molecule has 1 amide bonds. The lowest BCUT2D eigenvalue weighted by Gasteiger charge is -2.02. The molecule has 14 heavy (non-hydrogen) atoms. The fraction of sp³-hybridized carbons (Fsp3) is 0.500. The minimum absolute atomic E-state index is 0.00669. The number of anilines is 1. The molecule has 0 saturated heterocycles. The van der Waals surface area contributed by atoms with Gasteiger partial charge in [-0.25, -0.2) is 9.97 Å². The van der Waals surface area contributed by atoms with Gasteiger partial charge in [0, 0.05) is 12.3 Å². The topological polar surface area (TPSA) is 54.9 Å². The van der Waals surface area contributed by atoms with Gasteiger partial charge in [-0.05, 0) is 12.8 Å². The summed E-state index contributed by atoms with van der Waals surface area (Å²) in [4.78, 5) is 19.5. The van der Waals surface area contributed by atoms with E-state index in [1.807, 2.05) is 6.92 Å². The van der Waals surface area contributed by atoms with Gasteiger partial charge in [0.2, 0.25) is 5.91 Å². The van der Waals surface area contributed by atoms with Gasteiger partial charge in [0.15, 0.2) is 0 Å². The average molecular weight is 191 g/mol. The molecule has 0 unspecified atom stereocenters. The molecule has 74 valence electrons. The lowest BCUT2D eigenvalue weighted by Crippen LogP contribution is -2.10. The molecule has 4 nitrogen and oxygen atoms in total. The first-order valence-electron chi connectivity index (χ1n) is 4.91. The Morgan fingerprint density at radius 3 is 2.64 bits per heavy atom. The van der Waals surface area contributed by atoms with Gasteiger partial charge in [-0.1, -0.05) is 6.92 Å². The first-order chi connectivity index (χ1) is 6.79. The summed E-state index contributed by atoms with van der Waals surface area (Å²) in [7, 11) is 0. The zero-order valence-electron chi connectivity index (χ0n) is 8.16. The van der Waals surface area contributed by atoms with Gasteiger partial charge in [-0.3, -0.25) is 4.79 Å². The average Bonchev–Trinajstić information content (AvgIpc) is 3.02. The minimum Gasteiger partial charge on any atom is -0.323 e. The van der Waals surface area contributed by atoms with Crippen LogP contribution in [0, 0.1) is 0 Å². The van der Waals surface area contributed by atoms with Crippen molar-refractivity contribution >= 4 is 11.6 Å². The highest BCUT2D eigenvalue weighted by atomic mass is 16.1. The molecule has 2 rings (SSSR count). The molecule has 0 atom stereocenters. The number of rotatable bonds is 3. The van der Waals surface area contributed by atoms with Gasteiger partial charge < -0.3 is 5.32 Å². The number of carbonyl (C=O) groups excluding carboxylic acids is 1. The summed E-state index contributed by atoms with van der Waals surface area (Å²) in [5.41, 5.74) is 0.682. The molecular formula is C10H13N3O. The molecule has 1 heterocycles. The van der Waals surface area contributed by atoms with Gasteiger partial charge in [0.1, 0.15) is 5.82 Å². The molecule has 0 aromatic carbocycles. The summed E-state index contributed by atoms with van der Waals surface area (Å²) >= 11 is 0.